The number of furan rings is 1. The number of carbonyl (C=O) groups is 2. The molecule has 0 saturated carbocycles. The molecule has 1 aromatic heterocycles. The first kappa shape index (κ1) is 25.1. The van der Waals surface area contributed by atoms with Crippen molar-refractivity contribution in [1.29, 1.82) is 5.26 Å². The number of nitriles is 1. The third-order valence-electron chi connectivity index (χ3n) is 6.02. The van der Waals surface area contributed by atoms with E-state index in [2.05, 4.69) is 6.07 Å². The molecule has 1 aliphatic heterocycles. The van der Waals surface area contributed by atoms with Crippen LogP contribution in [0, 0.1) is 11.3 Å². The van der Waals surface area contributed by atoms with Gasteiger partial charge >= 0.3 is 12.1 Å². The van der Waals surface area contributed by atoms with E-state index >= 15 is 0 Å². The number of ether oxygens (including phenoxy) is 3. The van der Waals surface area contributed by atoms with Crippen LogP contribution in [-0.4, -0.2) is 48.9 Å². The first-order valence-corrected chi connectivity index (χ1v) is 11.9. The summed E-state index contributed by atoms with van der Waals surface area (Å²) in [6, 6.07) is 14.9. The quantitative estimate of drug-likeness (QED) is 0.438. The zero-order valence-corrected chi connectivity index (χ0v) is 20.9. The van der Waals surface area contributed by atoms with Crippen LogP contribution in [0.2, 0.25) is 0 Å². The number of esters is 1. The lowest BCUT2D eigenvalue weighted by atomic mass is 9.94. The highest BCUT2D eigenvalue weighted by Gasteiger charge is 2.31. The van der Waals surface area contributed by atoms with Crippen LogP contribution in [0.3, 0.4) is 0 Å². The van der Waals surface area contributed by atoms with E-state index in [-0.39, 0.29) is 12.2 Å². The smallest absolute Gasteiger partial charge is 0.410 e. The molecule has 8 heteroatoms. The van der Waals surface area contributed by atoms with Crippen LogP contribution in [0.5, 0.6) is 5.75 Å². The summed E-state index contributed by atoms with van der Waals surface area (Å²) >= 11 is 0. The molecule has 1 aliphatic rings. The molecule has 8 nitrogen and oxygen atoms in total. The number of benzene rings is 2. The molecule has 2 aromatic carbocycles. The lowest BCUT2D eigenvalue weighted by Gasteiger charge is -2.24. The highest BCUT2D eigenvalue weighted by atomic mass is 16.6. The molecule has 0 bridgehead atoms. The van der Waals surface area contributed by atoms with Gasteiger partial charge in [-0.15, -0.1) is 0 Å². The minimum absolute atomic E-state index is 0.112. The highest BCUT2D eigenvalue weighted by Crippen LogP contribution is 2.32. The lowest BCUT2D eigenvalue weighted by Crippen LogP contribution is -2.36. The van der Waals surface area contributed by atoms with E-state index in [4.69, 9.17) is 23.9 Å². The van der Waals surface area contributed by atoms with Gasteiger partial charge in [0.1, 0.15) is 29.1 Å². The maximum atomic E-state index is 12.6. The summed E-state index contributed by atoms with van der Waals surface area (Å²) in [5.74, 6) is 0.167. The fourth-order valence-corrected chi connectivity index (χ4v) is 4.29. The normalized spacial score (nSPS) is 16.4. The fraction of sp³-hybridized carbons (Fsp3) is 0.393. The molecule has 0 spiro atoms. The Morgan fingerprint density at radius 3 is 2.61 bits per heavy atom. The topological polar surface area (TPSA) is 102 Å². The largest absolute Gasteiger partial charge is 0.489 e. The number of carbonyl (C=O) groups excluding carboxylic acids is 2. The van der Waals surface area contributed by atoms with Gasteiger partial charge in [0.15, 0.2) is 0 Å². The van der Waals surface area contributed by atoms with Crippen molar-refractivity contribution in [3.05, 3.63) is 65.6 Å². The van der Waals surface area contributed by atoms with Crippen molar-refractivity contribution in [3.8, 4) is 11.8 Å². The second-order valence-electron chi connectivity index (χ2n) is 9.89. The van der Waals surface area contributed by atoms with Crippen molar-refractivity contribution < 1.29 is 28.2 Å². The van der Waals surface area contributed by atoms with Crippen LogP contribution in [-0.2, 0) is 20.7 Å². The van der Waals surface area contributed by atoms with E-state index in [1.807, 2.05) is 45.0 Å². The second-order valence-corrected chi connectivity index (χ2v) is 9.89. The Morgan fingerprint density at radius 1 is 1.19 bits per heavy atom. The van der Waals surface area contributed by atoms with Gasteiger partial charge in [-0.1, -0.05) is 12.1 Å². The van der Waals surface area contributed by atoms with Crippen LogP contribution in [0.4, 0.5) is 4.79 Å². The standard InChI is InChI=1S/C28H30N2O6/c1-28(2,3)36-27(32)30-12-11-22(16-30)35-21-8-5-18(6-9-21)14-24(26(31)33-4)25-23-10-7-19(15-29)13-20(23)17-34-25/h5-10,13,17,22,24H,11-12,14,16H2,1-4H3/t22-,24?/m0/s1. The van der Waals surface area contributed by atoms with Gasteiger partial charge in [0.2, 0.25) is 0 Å². The number of likely N-dealkylation sites (tertiary alicyclic amines) is 1. The maximum Gasteiger partial charge on any atom is 0.410 e. The number of hydrogen-bond acceptors (Lipinski definition) is 7. The molecule has 36 heavy (non-hydrogen) atoms. The van der Waals surface area contributed by atoms with E-state index < -0.39 is 17.5 Å². The predicted molar refractivity (Wildman–Crippen MR) is 133 cm³/mol. The molecule has 0 radical (unpaired) electrons. The summed E-state index contributed by atoms with van der Waals surface area (Å²) in [6.45, 7) is 6.60. The van der Waals surface area contributed by atoms with Gasteiger partial charge in [0.05, 0.1) is 31.6 Å². The summed E-state index contributed by atoms with van der Waals surface area (Å²) < 4.78 is 22.3. The minimum Gasteiger partial charge on any atom is -0.489 e. The lowest BCUT2D eigenvalue weighted by molar-refractivity contribution is -0.142. The first-order chi connectivity index (χ1) is 17.2. The van der Waals surface area contributed by atoms with Gasteiger partial charge in [0, 0.05) is 23.7 Å². The van der Waals surface area contributed by atoms with Crippen LogP contribution >= 0.6 is 0 Å². The number of hydrogen-bond donors (Lipinski definition) is 0. The van der Waals surface area contributed by atoms with E-state index in [1.165, 1.54) is 7.11 Å². The number of fused-ring (bicyclic) bond motifs is 1. The van der Waals surface area contributed by atoms with Crippen LogP contribution in [0.15, 0.2) is 53.1 Å². The Balaban J connectivity index is 1.42. The molecule has 188 valence electrons. The Hall–Kier alpha value is -3.99. The average Bonchev–Trinajstić information content (AvgIpc) is 3.49. The predicted octanol–water partition coefficient (Wildman–Crippen LogP) is 5.19. The summed E-state index contributed by atoms with van der Waals surface area (Å²) in [6.07, 6.45) is 2.22. The van der Waals surface area contributed by atoms with E-state index in [1.54, 1.807) is 29.4 Å². The molecule has 1 amide bonds. The molecule has 0 N–H and O–H groups in total. The molecule has 2 heterocycles. The van der Waals surface area contributed by atoms with Gasteiger partial charge < -0.3 is 23.5 Å². The Bertz CT molecular complexity index is 1280. The van der Waals surface area contributed by atoms with Crippen LogP contribution in [0.1, 0.15) is 50.0 Å². The van der Waals surface area contributed by atoms with Crippen molar-refractivity contribution in [2.24, 2.45) is 0 Å². The molecule has 1 saturated heterocycles. The Kier molecular flexibility index (Phi) is 7.20. The van der Waals surface area contributed by atoms with Crippen molar-refractivity contribution >= 4 is 22.8 Å². The van der Waals surface area contributed by atoms with E-state index in [9.17, 15) is 9.59 Å². The molecule has 4 rings (SSSR count). The van der Waals surface area contributed by atoms with Crippen molar-refractivity contribution in [2.75, 3.05) is 20.2 Å². The monoisotopic (exact) mass is 490 g/mol. The van der Waals surface area contributed by atoms with Gasteiger partial charge in [-0.05, 0) is 63.1 Å². The Morgan fingerprint density at radius 2 is 1.94 bits per heavy atom. The van der Waals surface area contributed by atoms with Gasteiger partial charge in [-0.2, -0.15) is 5.26 Å². The average molecular weight is 491 g/mol. The Labute approximate surface area is 210 Å². The first-order valence-electron chi connectivity index (χ1n) is 11.9. The maximum absolute atomic E-state index is 12.6. The third kappa shape index (κ3) is 5.80. The summed E-state index contributed by atoms with van der Waals surface area (Å²) in [4.78, 5) is 26.6. The second kappa shape index (κ2) is 10.3. The highest BCUT2D eigenvalue weighted by molar-refractivity contribution is 5.90. The van der Waals surface area contributed by atoms with Crippen LogP contribution < -0.4 is 4.74 Å². The van der Waals surface area contributed by atoms with E-state index in [0.29, 0.717) is 36.6 Å². The summed E-state index contributed by atoms with van der Waals surface area (Å²) in [7, 11) is 1.35. The number of nitrogens with zero attached hydrogens (tertiary/aromatic N) is 2. The summed E-state index contributed by atoms with van der Waals surface area (Å²) in [5, 5.41) is 10.7. The molecule has 3 aromatic rings. The molecular weight excluding hydrogens is 460 g/mol. The fourth-order valence-electron chi connectivity index (χ4n) is 4.29. The van der Waals surface area contributed by atoms with E-state index in [0.717, 1.165) is 22.8 Å². The van der Waals surface area contributed by atoms with Crippen LogP contribution in [0.25, 0.3) is 10.8 Å². The third-order valence-corrected chi connectivity index (χ3v) is 6.02. The molecule has 1 unspecified atom stereocenters. The zero-order chi connectivity index (χ0) is 25.9. The minimum atomic E-state index is -0.635. The molecule has 0 aliphatic carbocycles. The number of rotatable bonds is 6. The molecule has 2 atom stereocenters. The number of amides is 1. The number of methoxy groups -OCH3 is 1. The van der Waals surface area contributed by atoms with Crippen molar-refractivity contribution in [2.45, 2.75) is 51.2 Å². The van der Waals surface area contributed by atoms with Crippen molar-refractivity contribution in [1.82, 2.24) is 4.90 Å². The zero-order valence-electron chi connectivity index (χ0n) is 20.9. The summed E-state index contributed by atoms with van der Waals surface area (Å²) in [5.41, 5.74) is 0.907. The van der Waals surface area contributed by atoms with Gasteiger partial charge in [0.25, 0.3) is 0 Å². The molecular formula is C28H30N2O6. The molecule has 1 fully saturated rings. The SMILES string of the molecule is COC(=O)C(Cc1ccc(O[C@H]2CCN(C(=O)OC(C)(C)C)C2)cc1)c1occ2cc(C#N)ccc12. The van der Waals surface area contributed by atoms with Gasteiger partial charge in [-0.3, -0.25) is 4.79 Å². The van der Waals surface area contributed by atoms with Gasteiger partial charge in [-0.25, -0.2) is 4.79 Å². The van der Waals surface area contributed by atoms with Crippen molar-refractivity contribution in [3.63, 3.8) is 0 Å².